The van der Waals surface area contributed by atoms with E-state index in [0.717, 1.165) is 12.5 Å². The Bertz CT molecular complexity index is 223. The molecule has 108 valence electrons. The van der Waals surface area contributed by atoms with Crippen LogP contribution in [0.3, 0.4) is 0 Å². The molecular formula is C15H31NO2. The van der Waals surface area contributed by atoms with Crippen molar-refractivity contribution < 1.29 is 9.47 Å². The number of nitrogens with one attached hydrogen (secondary N) is 1. The molecule has 3 nitrogen and oxygen atoms in total. The highest BCUT2D eigenvalue weighted by atomic mass is 16.5. The first-order valence-corrected chi connectivity index (χ1v) is 7.46. The summed E-state index contributed by atoms with van der Waals surface area (Å²) in [5.74, 6) is 1.43. The summed E-state index contributed by atoms with van der Waals surface area (Å²) in [6, 6.07) is 0.503. The summed E-state index contributed by atoms with van der Waals surface area (Å²) in [5, 5.41) is 3.66. The summed E-state index contributed by atoms with van der Waals surface area (Å²) < 4.78 is 11.4. The molecule has 5 unspecified atom stereocenters. The van der Waals surface area contributed by atoms with E-state index in [1.54, 1.807) is 7.11 Å². The monoisotopic (exact) mass is 257 g/mol. The topological polar surface area (TPSA) is 30.5 Å². The molecule has 1 N–H and O–H groups in total. The van der Waals surface area contributed by atoms with Crippen molar-refractivity contribution in [2.24, 2.45) is 11.8 Å². The van der Waals surface area contributed by atoms with Crippen molar-refractivity contribution in [1.29, 1.82) is 0 Å². The Balaban J connectivity index is 2.56. The summed E-state index contributed by atoms with van der Waals surface area (Å²) in [7, 11) is 1.74. The molecule has 0 amide bonds. The fourth-order valence-electron chi connectivity index (χ4n) is 3.13. The lowest BCUT2D eigenvalue weighted by Crippen LogP contribution is -2.50. The molecule has 1 aliphatic carbocycles. The molecule has 1 aliphatic rings. The molecule has 0 aromatic rings. The Labute approximate surface area is 113 Å². The van der Waals surface area contributed by atoms with Gasteiger partial charge < -0.3 is 14.8 Å². The Morgan fingerprint density at radius 1 is 1.28 bits per heavy atom. The Morgan fingerprint density at radius 2 is 2.00 bits per heavy atom. The Morgan fingerprint density at radius 3 is 2.61 bits per heavy atom. The summed E-state index contributed by atoms with van der Waals surface area (Å²) in [4.78, 5) is 0. The van der Waals surface area contributed by atoms with Gasteiger partial charge in [0.1, 0.15) is 0 Å². The third kappa shape index (κ3) is 4.87. The minimum Gasteiger partial charge on any atom is -0.382 e. The molecule has 1 rings (SSSR count). The molecule has 0 spiro atoms. The molecule has 0 aromatic heterocycles. The van der Waals surface area contributed by atoms with Crippen LogP contribution in [0.15, 0.2) is 0 Å². The van der Waals surface area contributed by atoms with E-state index in [4.69, 9.17) is 9.47 Å². The van der Waals surface area contributed by atoms with E-state index in [2.05, 4.69) is 33.0 Å². The van der Waals surface area contributed by atoms with Crippen LogP contribution in [0.4, 0.5) is 0 Å². The predicted molar refractivity (Wildman–Crippen MR) is 75.9 cm³/mol. The van der Waals surface area contributed by atoms with E-state index in [1.807, 2.05) is 0 Å². The minimum absolute atomic E-state index is 0.182. The number of ether oxygens (including phenoxy) is 2. The van der Waals surface area contributed by atoms with Gasteiger partial charge in [-0.25, -0.2) is 0 Å². The van der Waals surface area contributed by atoms with Crippen LogP contribution in [0.5, 0.6) is 0 Å². The maximum absolute atomic E-state index is 6.21. The zero-order valence-electron chi connectivity index (χ0n) is 12.7. The number of hydrogen-bond acceptors (Lipinski definition) is 3. The van der Waals surface area contributed by atoms with Crippen LogP contribution in [-0.4, -0.2) is 38.5 Å². The van der Waals surface area contributed by atoms with Crippen LogP contribution in [-0.2, 0) is 9.47 Å². The highest BCUT2D eigenvalue weighted by molar-refractivity contribution is 4.89. The lowest BCUT2D eigenvalue weighted by atomic mass is 9.78. The minimum atomic E-state index is 0.182. The fourth-order valence-corrected chi connectivity index (χ4v) is 3.13. The van der Waals surface area contributed by atoms with Crippen LogP contribution < -0.4 is 5.32 Å². The standard InChI is InChI=1S/C15H31NO2/c1-6-7-16-14-9-11(2)8-12(3)15(14)18-13(4)10-17-5/h11-16H,6-10H2,1-5H3. The first-order valence-electron chi connectivity index (χ1n) is 7.46. The first-order chi connectivity index (χ1) is 8.58. The number of rotatable bonds is 7. The van der Waals surface area contributed by atoms with Crippen molar-refractivity contribution in [3.8, 4) is 0 Å². The van der Waals surface area contributed by atoms with E-state index in [1.165, 1.54) is 19.3 Å². The molecule has 3 heteroatoms. The van der Waals surface area contributed by atoms with Gasteiger partial charge in [0, 0.05) is 13.2 Å². The van der Waals surface area contributed by atoms with Gasteiger partial charge in [0.2, 0.25) is 0 Å². The molecule has 0 radical (unpaired) electrons. The molecular weight excluding hydrogens is 226 g/mol. The zero-order valence-corrected chi connectivity index (χ0v) is 12.7. The van der Waals surface area contributed by atoms with E-state index >= 15 is 0 Å². The van der Waals surface area contributed by atoms with E-state index in [9.17, 15) is 0 Å². The van der Waals surface area contributed by atoms with Gasteiger partial charge in [-0.2, -0.15) is 0 Å². The van der Waals surface area contributed by atoms with Crippen molar-refractivity contribution >= 4 is 0 Å². The third-order valence-electron chi connectivity index (χ3n) is 3.84. The Hall–Kier alpha value is -0.120. The second kappa shape index (κ2) is 8.13. The van der Waals surface area contributed by atoms with Crippen molar-refractivity contribution in [2.45, 2.75) is 65.2 Å². The van der Waals surface area contributed by atoms with Gasteiger partial charge in [-0.05, 0) is 44.6 Å². The average Bonchev–Trinajstić information content (AvgIpc) is 2.30. The smallest absolute Gasteiger partial charge is 0.0784 e. The second-order valence-corrected chi connectivity index (χ2v) is 5.98. The van der Waals surface area contributed by atoms with Crippen LogP contribution in [0.2, 0.25) is 0 Å². The van der Waals surface area contributed by atoms with Crippen molar-refractivity contribution in [2.75, 3.05) is 20.3 Å². The largest absolute Gasteiger partial charge is 0.382 e. The van der Waals surface area contributed by atoms with Gasteiger partial charge >= 0.3 is 0 Å². The number of hydrogen-bond donors (Lipinski definition) is 1. The van der Waals surface area contributed by atoms with E-state index < -0.39 is 0 Å². The summed E-state index contributed by atoms with van der Waals surface area (Å²) in [6.07, 6.45) is 4.20. The maximum Gasteiger partial charge on any atom is 0.0784 e. The first kappa shape index (κ1) is 15.9. The zero-order chi connectivity index (χ0) is 13.5. The number of methoxy groups -OCH3 is 1. The Kier molecular flexibility index (Phi) is 7.20. The van der Waals surface area contributed by atoms with Crippen molar-refractivity contribution in [1.82, 2.24) is 5.32 Å². The molecule has 0 heterocycles. The van der Waals surface area contributed by atoms with Gasteiger partial charge in [0.05, 0.1) is 18.8 Å². The molecule has 1 fully saturated rings. The molecule has 5 atom stereocenters. The summed E-state index contributed by atoms with van der Waals surface area (Å²) in [6.45, 7) is 10.8. The summed E-state index contributed by atoms with van der Waals surface area (Å²) >= 11 is 0. The molecule has 0 saturated heterocycles. The quantitative estimate of drug-likeness (QED) is 0.761. The van der Waals surface area contributed by atoms with Gasteiger partial charge in [0.25, 0.3) is 0 Å². The fraction of sp³-hybridized carbons (Fsp3) is 1.00. The van der Waals surface area contributed by atoms with Gasteiger partial charge in [-0.3, -0.25) is 0 Å². The SMILES string of the molecule is CCCNC1CC(C)CC(C)C1OC(C)COC. The van der Waals surface area contributed by atoms with E-state index in [-0.39, 0.29) is 6.10 Å². The van der Waals surface area contributed by atoms with Gasteiger partial charge in [-0.15, -0.1) is 0 Å². The summed E-state index contributed by atoms with van der Waals surface area (Å²) in [5.41, 5.74) is 0. The second-order valence-electron chi connectivity index (χ2n) is 5.98. The maximum atomic E-state index is 6.21. The molecule has 0 bridgehead atoms. The highest BCUT2D eigenvalue weighted by Gasteiger charge is 2.35. The van der Waals surface area contributed by atoms with Crippen LogP contribution >= 0.6 is 0 Å². The molecule has 18 heavy (non-hydrogen) atoms. The molecule has 0 aliphatic heterocycles. The van der Waals surface area contributed by atoms with Gasteiger partial charge in [-0.1, -0.05) is 20.8 Å². The lowest BCUT2D eigenvalue weighted by molar-refractivity contribution is -0.0928. The van der Waals surface area contributed by atoms with Crippen LogP contribution in [0.25, 0.3) is 0 Å². The van der Waals surface area contributed by atoms with Crippen molar-refractivity contribution in [3.05, 3.63) is 0 Å². The third-order valence-corrected chi connectivity index (χ3v) is 3.84. The lowest BCUT2D eigenvalue weighted by Gasteiger charge is -2.41. The van der Waals surface area contributed by atoms with E-state index in [0.29, 0.717) is 24.7 Å². The van der Waals surface area contributed by atoms with Crippen LogP contribution in [0, 0.1) is 11.8 Å². The van der Waals surface area contributed by atoms with Gasteiger partial charge in [0.15, 0.2) is 0 Å². The van der Waals surface area contributed by atoms with Crippen LogP contribution in [0.1, 0.15) is 47.0 Å². The predicted octanol–water partition coefficient (Wildman–Crippen LogP) is 2.84. The molecule has 1 saturated carbocycles. The average molecular weight is 257 g/mol. The highest BCUT2D eigenvalue weighted by Crippen LogP contribution is 2.31. The van der Waals surface area contributed by atoms with Crippen molar-refractivity contribution in [3.63, 3.8) is 0 Å². The molecule has 0 aromatic carbocycles. The normalized spacial score (nSPS) is 34.5.